The lowest BCUT2D eigenvalue weighted by atomic mass is 10.0. The van der Waals surface area contributed by atoms with Crippen LogP contribution in [0.25, 0.3) is 32.3 Å². The Bertz CT molecular complexity index is 1490. The number of hydrogen-bond acceptors (Lipinski definition) is 5. The maximum atomic E-state index is 12.8. The van der Waals surface area contributed by atoms with Gasteiger partial charge in [0.2, 0.25) is 0 Å². The van der Waals surface area contributed by atoms with E-state index in [1.54, 1.807) is 42.5 Å². The number of aromatic nitrogens is 1. The van der Waals surface area contributed by atoms with Crippen molar-refractivity contribution in [2.75, 3.05) is 5.32 Å². The van der Waals surface area contributed by atoms with Crippen LogP contribution >= 0.6 is 22.9 Å². The molecule has 0 saturated heterocycles. The zero-order valence-electron chi connectivity index (χ0n) is 15.4. The molecule has 0 aliphatic heterocycles. The number of carbonyl (C=O) groups is 1. The molecule has 1 amide bonds. The first kappa shape index (κ1) is 18.5. The summed E-state index contributed by atoms with van der Waals surface area (Å²) in [5.74, 6) is -0.322. The third-order valence-corrected chi connectivity index (χ3v) is 5.91. The molecule has 30 heavy (non-hydrogen) atoms. The lowest BCUT2D eigenvalue weighted by Gasteiger charge is -2.06. The molecule has 0 aliphatic rings. The molecular weight excluding hydrogens is 420 g/mol. The van der Waals surface area contributed by atoms with Crippen LogP contribution < -0.4 is 10.9 Å². The maximum Gasteiger partial charge on any atom is 0.344 e. The van der Waals surface area contributed by atoms with Gasteiger partial charge in [-0.25, -0.2) is 9.78 Å². The summed E-state index contributed by atoms with van der Waals surface area (Å²) in [6.45, 7) is 0. The molecule has 1 N–H and O–H groups in total. The molecule has 7 heteroatoms. The van der Waals surface area contributed by atoms with Crippen molar-refractivity contribution in [2.45, 2.75) is 0 Å². The van der Waals surface area contributed by atoms with Crippen molar-refractivity contribution in [3.8, 4) is 11.1 Å². The lowest BCUT2D eigenvalue weighted by molar-refractivity contribution is 0.102. The molecular formula is C23H13ClN2O3S. The van der Waals surface area contributed by atoms with E-state index in [9.17, 15) is 9.59 Å². The molecule has 0 atom stereocenters. The van der Waals surface area contributed by atoms with Gasteiger partial charge in [0.05, 0.1) is 15.3 Å². The smallest absolute Gasteiger partial charge is 0.344 e. The van der Waals surface area contributed by atoms with Gasteiger partial charge in [-0.3, -0.25) is 10.1 Å². The number of thiazole rings is 1. The fraction of sp³-hybridized carbons (Fsp3) is 0. The van der Waals surface area contributed by atoms with Gasteiger partial charge in [-0.1, -0.05) is 59.3 Å². The molecule has 0 aliphatic carbocycles. The number of halogens is 1. The molecule has 3 aromatic carbocycles. The van der Waals surface area contributed by atoms with Crippen LogP contribution in [0.3, 0.4) is 0 Å². The monoisotopic (exact) mass is 432 g/mol. The van der Waals surface area contributed by atoms with E-state index < -0.39 is 5.63 Å². The second-order valence-electron chi connectivity index (χ2n) is 6.63. The number of fused-ring (bicyclic) bond motifs is 2. The second kappa shape index (κ2) is 7.40. The number of anilines is 1. The van der Waals surface area contributed by atoms with Crippen LogP contribution in [-0.4, -0.2) is 10.9 Å². The highest BCUT2D eigenvalue weighted by molar-refractivity contribution is 7.22. The molecule has 0 radical (unpaired) electrons. The standard InChI is InChI=1S/C23H13ClN2O3S/c24-17-8-4-10-19-20(17)25-23(30-19)26-21(27)15-7-3-6-13(11-15)16-12-14-5-1-2-9-18(14)29-22(16)28/h1-12H,(H,25,26,27). The number of para-hydroxylation sites is 2. The van der Waals surface area contributed by atoms with E-state index in [0.29, 0.717) is 37.9 Å². The summed E-state index contributed by atoms with van der Waals surface area (Å²) in [5.41, 5.74) is 2.14. The summed E-state index contributed by atoms with van der Waals surface area (Å²) in [4.78, 5) is 29.6. The van der Waals surface area contributed by atoms with Crippen molar-refractivity contribution in [1.29, 1.82) is 0 Å². The van der Waals surface area contributed by atoms with Crippen LogP contribution in [0.5, 0.6) is 0 Å². The van der Waals surface area contributed by atoms with Crippen molar-refractivity contribution in [3.05, 3.63) is 93.8 Å². The van der Waals surface area contributed by atoms with Gasteiger partial charge in [0.1, 0.15) is 11.1 Å². The van der Waals surface area contributed by atoms with Gasteiger partial charge in [-0.05, 0) is 42.0 Å². The molecule has 0 saturated carbocycles. The van der Waals surface area contributed by atoms with E-state index in [1.165, 1.54) is 11.3 Å². The number of benzene rings is 3. The summed E-state index contributed by atoms with van der Waals surface area (Å²) in [6, 6.07) is 21.4. The average molecular weight is 433 g/mol. The summed E-state index contributed by atoms with van der Waals surface area (Å²) >= 11 is 7.51. The van der Waals surface area contributed by atoms with Crippen LogP contribution in [0.1, 0.15) is 10.4 Å². The highest BCUT2D eigenvalue weighted by atomic mass is 35.5. The lowest BCUT2D eigenvalue weighted by Crippen LogP contribution is -2.12. The molecule has 5 nitrogen and oxygen atoms in total. The normalized spacial score (nSPS) is 11.1. The second-order valence-corrected chi connectivity index (χ2v) is 8.06. The number of nitrogens with zero attached hydrogens (tertiary/aromatic N) is 1. The van der Waals surface area contributed by atoms with E-state index in [4.69, 9.17) is 16.0 Å². The van der Waals surface area contributed by atoms with E-state index in [1.807, 2.05) is 30.3 Å². The summed E-state index contributed by atoms with van der Waals surface area (Å²) in [5, 5.41) is 4.61. The van der Waals surface area contributed by atoms with Crippen LogP contribution in [0.4, 0.5) is 5.13 Å². The number of nitrogens with one attached hydrogen (secondary N) is 1. The Morgan fingerprint density at radius 2 is 1.83 bits per heavy atom. The fourth-order valence-corrected chi connectivity index (χ4v) is 4.39. The predicted molar refractivity (Wildman–Crippen MR) is 121 cm³/mol. The molecule has 5 rings (SSSR count). The number of amides is 1. The third kappa shape index (κ3) is 3.36. The molecule has 2 aromatic heterocycles. The molecule has 146 valence electrons. The summed E-state index contributed by atoms with van der Waals surface area (Å²) in [6.07, 6.45) is 0. The van der Waals surface area contributed by atoms with Crippen LogP contribution in [-0.2, 0) is 0 Å². The largest absolute Gasteiger partial charge is 0.422 e. The quantitative estimate of drug-likeness (QED) is 0.356. The van der Waals surface area contributed by atoms with Crippen molar-refractivity contribution < 1.29 is 9.21 Å². The average Bonchev–Trinajstić information content (AvgIpc) is 3.17. The van der Waals surface area contributed by atoms with Crippen molar-refractivity contribution in [2.24, 2.45) is 0 Å². The molecule has 0 spiro atoms. The maximum absolute atomic E-state index is 12.8. The minimum absolute atomic E-state index is 0.322. The summed E-state index contributed by atoms with van der Waals surface area (Å²) < 4.78 is 6.30. The SMILES string of the molecule is O=C(Nc1nc2c(Cl)cccc2s1)c1cccc(-c2cc3ccccc3oc2=O)c1. The van der Waals surface area contributed by atoms with E-state index >= 15 is 0 Å². The molecule has 2 heterocycles. The van der Waals surface area contributed by atoms with Crippen LogP contribution in [0, 0.1) is 0 Å². The van der Waals surface area contributed by atoms with Crippen molar-refractivity contribution in [3.63, 3.8) is 0 Å². The third-order valence-electron chi connectivity index (χ3n) is 4.67. The Balaban J connectivity index is 1.48. The predicted octanol–water partition coefficient (Wildman–Crippen LogP) is 5.98. The Kier molecular flexibility index (Phi) is 4.58. The Hall–Kier alpha value is -3.48. The Morgan fingerprint density at radius 3 is 2.70 bits per heavy atom. The zero-order chi connectivity index (χ0) is 20.7. The van der Waals surface area contributed by atoms with Gasteiger partial charge < -0.3 is 4.42 Å². The first-order valence-electron chi connectivity index (χ1n) is 9.08. The number of hydrogen-bond donors (Lipinski definition) is 1. The van der Waals surface area contributed by atoms with Crippen LogP contribution in [0.2, 0.25) is 5.02 Å². The van der Waals surface area contributed by atoms with Gasteiger partial charge in [0, 0.05) is 10.9 Å². The van der Waals surface area contributed by atoms with Gasteiger partial charge in [-0.15, -0.1) is 0 Å². The van der Waals surface area contributed by atoms with Crippen molar-refractivity contribution in [1.82, 2.24) is 4.98 Å². The van der Waals surface area contributed by atoms with Crippen LogP contribution in [0.15, 0.2) is 82.0 Å². The Labute approximate surface area is 179 Å². The molecule has 0 bridgehead atoms. The van der Waals surface area contributed by atoms with Gasteiger partial charge in [0.15, 0.2) is 5.13 Å². The van der Waals surface area contributed by atoms with E-state index in [2.05, 4.69) is 10.3 Å². The Morgan fingerprint density at radius 1 is 1.00 bits per heavy atom. The highest BCUT2D eigenvalue weighted by Gasteiger charge is 2.14. The molecule has 5 aromatic rings. The number of rotatable bonds is 3. The van der Waals surface area contributed by atoms with Gasteiger partial charge >= 0.3 is 5.63 Å². The molecule has 0 unspecified atom stereocenters. The van der Waals surface area contributed by atoms with Gasteiger partial charge in [-0.2, -0.15) is 0 Å². The highest BCUT2D eigenvalue weighted by Crippen LogP contribution is 2.31. The first-order valence-corrected chi connectivity index (χ1v) is 10.3. The first-order chi connectivity index (χ1) is 14.6. The molecule has 0 fully saturated rings. The van der Waals surface area contributed by atoms with E-state index in [0.717, 1.165) is 10.1 Å². The minimum atomic E-state index is -0.452. The summed E-state index contributed by atoms with van der Waals surface area (Å²) in [7, 11) is 0. The minimum Gasteiger partial charge on any atom is -0.422 e. The fourth-order valence-electron chi connectivity index (χ4n) is 3.23. The number of carbonyl (C=O) groups excluding carboxylic acids is 1. The van der Waals surface area contributed by atoms with Crippen molar-refractivity contribution >= 4 is 55.2 Å². The topological polar surface area (TPSA) is 72.2 Å². The van der Waals surface area contributed by atoms with E-state index in [-0.39, 0.29) is 5.91 Å². The van der Waals surface area contributed by atoms with Gasteiger partial charge in [0.25, 0.3) is 5.91 Å². The zero-order valence-corrected chi connectivity index (χ0v) is 17.0.